The third-order valence-electron chi connectivity index (χ3n) is 5.26. The van der Waals surface area contributed by atoms with Crippen LogP contribution in [0.1, 0.15) is 31.2 Å². The van der Waals surface area contributed by atoms with Crippen molar-refractivity contribution in [2.45, 2.75) is 38.3 Å². The number of ether oxygens (including phenoxy) is 1. The molecular weight excluding hydrogens is 348 g/mol. The van der Waals surface area contributed by atoms with E-state index in [0.717, 1.165) is 44.5 Å². The van der Waals surface area contributed by atoms with Crippen molar-refractivity contribution in [3.63, 3.8) is 0 Å². The zero-order valence-electron chi connectivity index (χ0n) is 16.6. The van der Waals surface area contributed by atoms with Gasteiger partial charge < -0.3 is 10.1 Å². The second-order valence-electron chi connectivity index (χ2n) is 7.34. The molecule has 1 N–H and O–H groups in total. The number of hydrogen-bond donors (Lipinski definition) is 1. The Balaban J connectivity index is 1.50. The maximum Gasteiger partial charge on any atom is 0.325 e. The molecule has 0 aliphatic carbocycles. The van der Waals surface area contributed by atoms with E-state index in [1.807, 2.05) is 30.3 Å². The summed E-state index contributed by atoms with van der Waals surface area (Å²) >= 11 is 0. The molecule has 2 aromatic rings. The minimum Gasteiger partial charge on any atom is -0.460 e. The molecule has 0 bridgehead atoms. The molecule has 1 heterocycles. The predicted molar refractivity (Wildman–Crippen MR) is 114 cm³/mol. The Kier molecular flexibility index (Phi) is 8.07. The second-order valence-corrected chi connectivity index (χ2v) is 7.34. The van der Waals surface area contributed by atoms with Crippen LogP contribution in [0, 0.1) is 6.92 Å². The largest absolute Gasteiger partial charge is 0.460 e. The van der Waals surface area contributed by atoms with Gasteiger partial charge in [0.2, 0.25) is 0 Å². The number of esters is 1. The first-order valence-electron chi connectivity index (χ1n) is 10.3. The van der Waals surface area contributed by atoms with Crippen LogP contribution in [-0.4, -0.2) is 43.1 Å². The molecular formula is C24H31N2O2. The highest BCUT2D eigenvalue weighted by Gasteiger charge is 2.29. The average Bonchev–Trinajstić information content (AvgIpc) is 2.76. The van der Waals surface area contributed by atoms with Gasteiger partial charge in [-0.2, -0.15) is 0 Å². The molecule has 4 heteroatoms. The number of carbonyl (C=O) groups excluding carboxylic acids is 1. The second kappa shape index (κ2) is 11.0. The van der Waals surface area contributed by atoms with Gasteiger partial charge in [0.05, 0.1) is 0 Å². The molecule has 3 rings (SSSR count). The van der Waals surface area contributed by atoms with Gasteiger partial charge >= 0.3 is 5.97 Å². The smallest absolute Gasteiger partial charge is 0.325 e. The van der Waals surface area contributed by atoms with Crippen LogP contribution in [0.4, 0.5) is 0 Å². The third kappa shape index (κ3) is 5.91. The fourth-order valence-corrected chi connectivity index (χ4v) is 3.59. The van der Waals surface area contributed by atoms with E-state index < -0.39 is 0 Å². The number of benzene rings is 2. The SMILES string of the molecule is [CH2]CCCCCN1CCNCC1C(=O)OCc1ccc(-c2ccccc2)cc1. The average molecular weight is 380 g/mol. The Hall–Kier alpha value is -2.17. The summed E-state index contributed by atoms with van der Waals surface area (Å²) in [5.74, 6) is -0.128. The molecule has 0 aromatic heterocycles. The zero-order chi connectivity index (χ0) is 19.6. The summed E-state index contributed by atoms with van der Waals surface area (Å²) in [5, 5.41) is 3.32. The van der Waals surface area contributed by atoms with Gasteiger partial charge in [0, 0.05) is 19.6 Å². The minimum atomic E-state index is -0.183. The van der Waals surface area contributed by atoms with Gasteiger partial charge in [0.15, 0.2) is 0 Å². The summed E-state index contributed by atoms with van der Waals surface area (Å²) in [6.07, 6.45) is 4.42. The summed E-state index contributed by atoms with van der Waals surface area (Å²) in [4.78, 5) is 14.9. The predicted octanol–water partition coefficient (Wildman–Crippen LogP) is 4.07. The van der Waals surface area contributed by atoms with Crippen molar-refractivity contribution in [3.8, 4) is 11.1 Å². The maximum atomic E-state index is 12.6. The number of piperazine rings is 1. The van der Waals surface area contributed by atoms with Crippen molar-refractivity contribution in [3.05, 3.63) is 67.1 Å². The van der Waals surface area contributed by atoms with E-state index in [0.29, 0.717) is 13.2 Å². The molecule has 0 saturated carbocycles. The lowest BCUT2D eigenvalue weighted by atomic mass is 10.0. The molecule has 4 nitrogen and oxygen atoms in total. The van der Waals surface area contributed by atoms with Crippen LogP contribution >= 0.6 is 0 Å². The highest BCUT2D eigenvalue weighted by atomic mass is 16.5. The summed E-state index contributed by atoms with van der Waals surface area (Å²) < 4.78 is 5.64. The fraction of sp³-hybridized carbons (Fsp3) is 0.417. The number of rotatable bonds is 9. The van der Waals surface area contributed by atoms with Crippen molar-refractivity contribution < 1.29 is 9.53 Å². The summed E-state index contributed by atoms with van der Waals surface area (Å²) in [6, 6.07) is 18.3. The van der Waals surface area contributed by atoms with Gasteiger partial charge in [-0.05, 0) is 29.7 Å². The van der Waals surface area contributed by atoms with Gasteiger partial charge in [-0.1, -0.05) is 80.8 Å². The molecule has 0 amide bonds. The Labute approximate surface area is 168 Å². The molecule has 1 unspecified atom stereocenters. The number of hydrogen-bond acceptors (Lipinski definition) is 4. The van der Waals surface area contributed by atoms with Gasteiger partial charge in [0.25, 0.3) is 0 Å². The molecule has 1 atom stereocenters. The normalized spacial score (nSPS) is 17.4. The van der Waals surface area contributed by atoms with Crippen LogP contribution in [0.5, 0.6) is 0 Å². The molecule has 1 aliphatic rings. The van der Waals surface area contributed by atoms with Crippen LogP contribution in [0.15, 0.2) is 54.6 Å². The summed E-state index contributed by atoms with van der Waals surface area (Å²) in [6.45, 7) is 7.66. The Morgan fingerprint density at radius 2 is 1.79 bits per heavy atom. The fourth-order valence-electron chi connectivity index (χ4n) is 3.59. The van der Waals surface area contributed by atoms with Crippen molar-refractivity contribution in [2.75, 3.05) is 26.2 Å². The molecule has 1 aliphatic heterocycles. The highest BCUT2D eigenvalue weighted by Crippen LogP contribution is 2.19. The first kappa shape index (κ1) is 20.6. The molecule has 28 heavy (non-hydrogen) atoms. The maximum absolute atomic E-state index is 12.6. The Bertz CT molecular complexity index is 715. The first-order valence-corrected chi connectivity index (χ1v) is 10.3. The van der Waals surface area contributed by atoms with E-state index in [9.17, 15) is 4.79 Å². The number of nitrogens with one attached hydrogen (secondary N) is 1. The van der Waals surface area contributed by atoms with Crippen molar-refractivity contribution in [2.24, 2.45) is 0 Å². The third-order valence-corrected chi connectivity index (χ3v) is 5.26. The zero-order valence-corrected chi connectivity index (χ0v) is 16.6. The van der Waals surface area contributed by atoms with E-state index in [4.69, 9.17) is 4.74 Å². The van der Waals surface area contributed by atoms with Gasteiger partial charge in [0.1, 0.15) is 12.6 Å². The van der Waals surface area contributed by atoms with Crippen LogP contribution in [0.25, 0.3) is 11.1 Å². The topological polar surface area (TPSA) is 41.6 Å². The standard InChI is InChI=1S/C24H31N2O2/c1-2-3-4-8-16-26-17-15-25-18-23(26)24(27)28-19-20-11-13-22(14-12-20)21-9-6-5-7-10-21/h5-7,9-14,23,25H,1-4,8,15-19H2. The lowest BCUT2D eigenvalue weighted by molar-refractivity contribution is -0.152. The number of unbranched alkanes of at least 4 members (excludes halogenated alkanes) is 3. The molecule has 1 fully saturated rings. The quantitative estimate of drug-likeness (QED) is 0.527. The van der Waals surface area contributed by atoms with E-state index in [1.54, 1.807) is 0 Å². The van der Waals surface area contributed by atoms with Crippen molar-refractivity contribution >= 4 is 5.97 Å². The Morgan fingerprint density at radius 3 is 2.54 bits per heavy atom. The van der Waals surface area contributed by atoms with Gasteiger partial charge in [-0.15, -0.1) is 0 Å². The van der Waals surface area contributed by atoms with Crippen molar-refractivity contribution in [1.29, 1.82) is 0 Å². The Morgan fingerprint density at radius 1 is 1.04 bits per heavy atom. The van der Waals surface area contributed by atoms with E-state index in [-0.39, 0.29) is 12.0 Å². The highest BCUT2D eigenvalue weighted by molar-refractivity contribution is 5.76. The monoisotopic (exact) mass is 379 g/mol. The van der Waals surface area contributed by atoms with Gasteiger partial charge in [-0.3, -0.25) is 9.69 Å². The van der Waals surface area contributed by atoms with Crippen LogP contribution in [0.2, 0.25) is 0 Å². The molecule has 2 aromatic carbocycles. The number of carbonyl (C=O) groups is 1. The van der Waals surface area contributed by atoms with Crippen LogP contribution < -0.4 is 5.32 Å². The van der Waals surface area contributed by atoms with E-state index in [2.05, 4.69) is 41.4 Å². The molecule has 149 valence electrons. The molecule has 0 spiro atoms. The van der Waals surface area contributed by atoms with E-state index in [1.165, 1.54) is 17.5 Å². The van der Waals surface area contributed by atoms with E-state index >= 15 is 0 Å². The van der Waals surface area contributed by atoms with Crippen molar-refractivity contribution in [1.82, 2.24) is 10.2 Å². The number of nitrogens with zero attached hydrogens (tertiary/aromatic N) is 1. The van der Waals surface area contributed by atoms with Crippen LogP contribution in [-0.2, 0) is 16.1 Å². The first-order chi connectivity index (χ1) is 13.8. The minimum absolute atomic E-state index is 0.128. The molecule has 1 radical (unpaired) electrons. The van der Waals surface area contributed by atoms with Crippen LogP contribution in [0.3, 0.4) is 0 Å². The summed E-state index contributed by atoms with van der Waals surface area (Å²) in [5.41, 5.74) is 3.37. The van der Waals surface area contributed by atoms with Gasteiger partial charge in [-0.25, -0.2) is 0 Å². The lowest BCUT2D eigenvalue weighted by Crippen LogP contribution is -2.55. The molecule has 1 saturated heterocycles. The lowest BCUT2D eigenvalue weighted by Gasteiger charge is -2.34. The summed E-state index contributed by atoms with van der Waals surface area (Å²) in [7, 11) is 0.